The second kappa shape index (κ2) is 8.71. The Morgan fingerprint density at radius 1 is 1.00 bits per heavy atom. The minimum absolute atomic E-state index is 0.347. The van der Waals surface area contributed by atoms with E-state index in [4.69, 9.17) is 0 Å². The van der Waals surface area contributed by atoms with E-state index in [0.29, 0.717) is 13.1 Å². The number of carbonyl (C=O) groups excluding carboxylic acids is 2. The number of nitrogens with one attached hydrogen (secondary N) is 1. The Balaban J connectivity index is 1.35. The number of aliphatic hydroxyl groups excluding tert-OH is 2. The molecule has 0 aliphatic carbocycles. The summed E-state index contributed by atoms with van der Waals surface area (Å²) < 4.78 is 1.86. The molecule has 0 saturated carbocycles. The first-order valence-corrected chi connectivity index (χ1v) is 10.0. The van der Waals surface area contributed by atoms with Crippen LogP contribution in [0.2, 0.25) is 0 Å². The number of fused-ring (bicyclic) bond motifs is 1. The molecular formula is C23H24N4O4. The standard InChI is InChI=1S/C23H24N4O4/c1-15(16-6-8-19(9-7-16)26-11-10-24-14-26)25-22(30)20(28)21(29)23(31)27-12-17-4-2-3-5-18(17)13-27/h2-11,14-15,20-21,28-29H,12-13H2,1H3,(H,25,30)/t15-,20-,21-/m1/s1. The highest BCUT2D eigenvalue weighted by Crippen LogP contribution is 2.23. The number of amides is 2. The van der Waals surface area contributed by atoms with Crippen molar-refractivity contribution in [2.24, 2.45) is 0 Å². The maximum atomic E-state index is 12.6. The Morgan fingerprint density at radius 2 is 1.65 bits per heavy atom. The molecule has 0 fully saturated rings. The van der Waals surface area contributed by atoms with Crippen LogP contribution in [0.25, 0.3) is 5.69 Å². The number of hydrogen-bond donors (Lipinski definition) is 3. The van der Waals surface area contributed by atoms with Gasteiger partial charge in [0.05, 0.1) is 12.4 Å². The molecule has 1 aromatic heterocycles. The molecule has 1 aliphatic heterocycles. The lowest BCUT2D eigenvalue weighted by molar-refractivity contribution is -0.153. The summed E-state index contributed by atoms with van der Waals surface area (Å²) in [5.74, 6) is -1.47. The first-order chi connectivity index (χ1) is 14.9. The Morgan fingerprint density at radius 3 is 2.23 bits per heavy atom. The summed E-state index contributed by atoms with van der Waals surface area (Å²) in [5.41, 5.74) is 3.73. The predicted octanol–water partition coefficient (Wildman–Crippen LogP) is 1.31. The highest BCUT2D eigenvalue weighted by atomic mass is 16.3. The molecule has 0 saturated heterocycles. The minimum Gasteiger partial charge on any atom is -0.380 e. The van der Waals surface area contributed by atoms with Gasteiger partial charge in [-0.1, -0.05) is 36.4 Å². The third kappa shape index (κ3) is 4.35. The lowest BCUT2D eigenvalue weighted by Gasteiger charge is -2.24. The Kier molecular flexibility index (Phi) is 5.83. The van der Waals surface area contributed by atoms with Crippen molar-refractivity contribution in [3.05, 3.63) is 83.9 Å². The molecular weight excluding hydrogens is 396 g/mol. The van der Waals surface area contributed by atoms with Crippen LogP contribution in [0, 0.1) is 0 Å². The summed E-state index contributed by atoms with van der Waals surface area (Å²) in [7, 11) is 0. The van der Waals surface area contributed by atoms with Gasteiger partial charge in [0, 0.05) is 31.2 Å². The zero-order valence-corrected chi connectivity index (χ0v) is 17.0. The fourth-order valence-corrected chi connectivity index (χ4v) is 3.68. The lowest BCUT2D eigenvalue weighted by Crippen LogP contribution is -2.50. The van der Waals surface area contributed by atoms with Crippen LogP contribution in [0.1, 0.15) is 29.7 Å². The number of aliphatic hydroxyl groups is 2. The van der Waals surface area contributed by atoms with E-state index < -0.39 is 30.1 Å². The number of nitrogens with zero attached hydrogens (tertiary/aromatic N) is 3. The quantitative estimate of drug-likeness (QED) is 0.557. The summed E-state index contributed by atoms with van der Waals surface area (Å²) in [6, 6.07) is 14.7. The smallest absolute Gasteiger partial charge is 0.255 e. The molecule has 8 heteroatoms. The fraction of sp³-hybridized carbons (Fsp3) is 0.261. The molecule has 0 bridgehead atoms. The van der Waals surface area contributed by atoms with Gasteiger partial charge in [-0.2, -0.15) is 0 Å². The van der Waals surface area contributed by atoms with E-state index >= 15 is 0 Å². The van der Waals surface area contributed by atoms with Crippen LogP contribution in [0.15, 0.2) is 67.3 Å². The average Bonchev–Trinajstić information content (AvgIpc) is 3.47. The molecule has 0 radical (unpaired) electrons. The summed E-state index contributed by atoms with van der Waals surface area (Å²) in [5, 5.41) is 23.2. The molecule has 2 amide bonds. The Labute approximate surface area is 179 Å². The average molecular weight is 420 g/mol. The lowest BCUT2D eigenvalue weighted by atomic mass is 10.1. The van der Waals surface area contributed by atoms with E-state index in [2.05, 4.69) is 10.3 Å². The van der Waals surface area contributed by atoms with Crippen LogP contribution in [0.5, 0.6) is 0 Å². The van der Waals surface area contributed by atoms with Crippen LogP contribution in [-0.2, 0) is 22.7 Å². The first kappa shape index (κ1) is 20.8. The van der Waals surface area contributed by atoms with Gasteiger partial charge in [0.2, 0.25) is 0 Å². The molecule has 0 unspecified atom stereocenters. The van der Waals surface area contributed by atoms with E-state index in [9.17, 15) is 19.8 Å². The van der Waals surface area contributed by atoms with E-state index in [1.165, 1.54) is 4.90 Å². The second-order valence-corrected chi connectivity index (χ2v) is 7.64. The highest BCUT2D eigenvalue weighted by molar-refractivity contribution is 5.91. The fourth-order valence-electron chi connectivity index (χ4n) is 3.68. The van der Waals surface area contributed by atoms with E-state index in [0.717, 1.165) is 22.4 Å². The van der Waals surface area contributed by atoms with Gasteiger partial charge >= 0.3 is 0 Å². The number of carbonyl (C=O) groups is 2. The van der Waals surface area contributed by atoms with Crippen LogP contribution in [0.3, 0.4) is 0 Å². The van der Waals surface area contributed by atoms with Gasteiger partial charge < -0.3 is 25.0 Å². The summed E-state index contributed by atoms with van der Waals surface area (Å²) in [6.45, 7) is 2.46. The molecule has 4 rings (SSSR count). The normalized spacial score (nSPS) is 15.8. The Bertz CT molecular complexity index is 1040. The van der Waals surface area contributed by atoms with Crippen molar-refractivity contribution in [3.63, 3.8) is 0 Å². The monoisotopic (exact) mass is 420 g/mol. The summed E-state index contributed by atoms with van der Waals surface area (Å²) in [4.78, 5) is 30.5. The molecule has 2 heterocycles. The molecule has 8 nitrogen and oxygen atoms in total. The van der Waals surface area contributed by atoms with Crippen LogP contribution >= 0.6 is 0 Å². The van der Waals surface area contributed by atoms with Gasteiger partial charge in [0.25, 0.3) is 11.8 Å². The van der Waals surface area contributed by atoms with E-state index in [1.54, 1.807) is 19.4 Å². The van der Waals surface area contributed by atoms with Crippen molar-refractivity contribution in [3.8, 4) is 5.69 Å². The van der Waals surface area contributed by atoms with Gasteiger partial charge in [0.15, 0.2) is 12.2 Å². The van der Waals surface area contributed by atoms with Crippen molar-refractivity contribution < 1.29 is 19.8 Å². The van der Waals surface area contributed by atoms with Gasteiger partial charge in [0.1, 0.15) is 0 Å². The highest BCUT2D eigenvalue weighted by Gasteiger charge is 2.35. The molecule has 3 atom stereocenters. The maximum absolute atomic E-state index is 12.6. The number of rotatable bonds is 6. The number of aromatic nitrogens is 2. The second-order valence-electron chi connectivity index (χ2n) is 7.64. The van der Waals surface area contributed by atoms with Gasteiger partial charge in [-0.3, -0.25) is 9.59 Å². The molecule has 1 aliphatic rings. The van der Waals surface area contributed by atoms with Crippen molar-refractivity contribution in [1.29, 1.82) is 0 Å². The molecule has 160 valence electrons. The molecule has 2 aromatic carbocycles. The van der Waals surface area contributed by atoms with Crippen molar-refractivity contribution in [2.75, 3.05) is 0 Å². The predicted molar refractivity (Wildman–Crippen MR) is 113 cm³/mol. The number of hydrogen-bond acceptors (Lipinski definition) is 5. The maximum Gasteiger partial charge on any atom is 0.255 e. The minimum atomic E-state index is -1.86. The van der Waals surface area contributed by atoms with Crippen LogP contribution in [-0.4, -0.2) is 48.7 Å². The largest absolute Gasteiger partial charge is 0.380 e. The zero-order valence-electron chi connectivity index (χ0n) is 17.0. The topological polar surface area (TPSA) is 108 Å². The van der Waals surface area contributed by atoms with Crippen molar-refractivity contribution in [2.45, 2.75) is 38.3 Å². The Hall–Kier alpha value is -3.49. The third-order valence-electron chi connectivity index (χ3n) is 5.53. The molecule has 0 spiro atoms. The van der Waals surface area contributed by atoms with Crippen molar-refractivity contribution in [1.82, 2.24) is 19.8 Å². The summed E-state index contributed by atoms with van der Waals surface area (Å²) >= 11 is 0. The third-order valence-corrected chi connectivity index (χ3v) is 5.53. The number of imidazole rings is 1. The van der Waals surface area contributed by atoms with Crippen LogP contribution in [0.4, 0.5) is 0 Å². The molecule has 31 heavy (non-hydrogen) atoms. The van der Waals surface area contributed by atoms with Gasteiger partial charge in [-0.25, -0.2) is 4.98 Å². The molecule has 3 N–H and O–H groups in total. The van der Waals surface area contributed by atoms with E-state index in [-0.39, 0.29) is 0 Å². The first-order valence-electron chi connectivity index (χ1n) is 10.0. The van der Waals surface area contributed by atoms with Gasteiger partial charge in [-0.15, -0.1) is 0 Å². The summed E-state index contributed by atoms with van der Waals surface area (Å²) in [6.07, 6.45) is 1.52. The number of benzene rings is 2. The SMILES string of the molecule is C[C@@H](NC(=O)[C@H](O)[C@@H](O)C(=O)N1Cc2ccccc2C1)c1ccc(-n2ccnc2)cc1. The molecule has 3 aromatic rings. The zero-order chi connectivity index (χ0) is 22.0. The van der Waals surface area contributed by atoms with Gasteiger partial charge in [-0.05, 0) is 35.7 Å². The van der Waals surface area contributed by atoms with Crippen LogP contribution < -0.4 is 5.32 Å². The van der Waals surface area contributed by atoms with Crippen molar-refractivity contribution >= 4 is 11.8 Å². The van der Waals surface area contributed by atoms with E-state index in [1.807, 2.05) is 59.3 Å².